The summed E-state index contributed by atoms with van der Waals surface area (Å²) in [5.74, 6) is 1.53. The normalized spacial score (nSPS) is 10.2. The summed E-state index contributed by atoms with van der Waals surface area (Å²) >= 11 is 1.74. The fraction of sp³-hybridized carbons (Fsp3) is 0.231. The Bertz CT molecular complexity index is 462. The molecule has 0 fully saturated rings. The third-order valence-electron chi connectivity index (χ3n) is 2.11. The van der Waals surface area contributed by atoms with Gasteiger partial charge >= 0.3 is 0 Å². The van der Waals surface area contributed by atoms with Gasteiger partial charge in [-0.3, -0.25) is 4.98 Å². The summed E-state index contributed by atoms with van der Waals surface area (Å²) in [5, 5.41) is 0. The van der Waals surface area contributed by atoms with Crippen LogP contribution in [0.2, 0.25) is 0 Å². The number of nitrogens with zero attached hydrogens (tertiary/aromatic N) is 2. The molecule has 0 atom stereocenters. The number of thioether (sulfide) groups is 1. The monoisotopic (exact) mass is 246 g/mol. The Hall–Kier alpha value is -1.55. The highest BCUT2D eigenvalue weighted by atomic mass is 32.2. The van der Waals surface area contributed by atoms with Crippen molar-refractivity contribution in [1.82, 2.24) is 9.97 Å². The number of hydrogen-bond donors (Lipinski definition) is 0. The van der Waals surface area contributed by atoms with Gasteiger partial charge in [-0.2, -0.15) is 0 Å². The molecule has 0 bridgehead atoms. The molecule has 2 heterocycles. The van der Waals surface area contributed by atoms with Gasteiger partial charge in [0.1, 0.15) is 0 Å². The van der Waals surface area contributed by atoms with Gasteiger partial charge in [-0.25, -0.2) is 4.98 Å². The van der Waals surface area contributed by atoms with Gasteiger partial charge in [0, 0.05) is 29.1 Å². The minimum Gasteiger partial charge on any atom is -0.478 e. The summed E-state index contributed by atoms with van der Waals surface area (Å²) in [6.45, 7) is 2.61. The summed E-state index contributed by atoms with van der Waals surface area (Å²) in [6, 6.07) is 9.86. The van der Waals surface area contributed by atoms with Crippen LogP contribution in [0.4, 0.5) is 0 Å². The molecule has 0 aliphatic rings. The molecule has 3 nitrogen and oxygen atoms in total. The lowest BCUT2D eigenvalue weighted by molar-refractivity contribution is 0.326. The van der Waals surface area contributed by atoms with Crippen molar-refractivity contribution in [2.45, 2.75) is 17.6 Å². The zero-order valence-corrected chi connectivity index (χ0v) is 10.5. The highest BCUT2D eigenvalue weighted by Crippen LogP contribution is 2.21. The van der Waals surface area contributed by atoms with Crippen molar-refractivity contribution in [3.8, 4) is 5.88 Å². The average Bonchev–Trinajstić information content (AvgIpc) is 2.39. The molecule has 2 aromatic heterocycles. The summed E-state index contributed by atoms with van der Waals surface area (Å²) in [7, 11) is 0. The van der Waals surface area contributed by atoms with E-state index in [0.29, 0.717) is 12.5 Å². The lowest BCUT2D eigenvalue weighted by Crippen LogP contribution is -1.96. The van der Waals surface area contributed by atoms with Crippen molar-refractivity contribution in [3.63, 3.8) is 0 Å². The van der Waals surface area contributed by atoms with Crippen LogP contribution in [-0.2, 0) is 5.75 Å². The maximum atomic E-state index is 5.37. The van der Waals surface area contributed by atoms with E-state index in [1.165, 1.54) is 4.90 Å². The summed E-state index contributed by atoms with van der Waals surface area (Å²) in [4.78, 5) is 9.61. The first-order chi connectivity index (χ1) is 8.38. The third-order valence-corrected chi connectivity index (χ3v) is 3.16. The molecule has 0 aromatic carbocycles. The average molecular weight is 246 g/mol. The summed E-state index contributed by atoms with van der Waals surface area (Å²) in [6.07, 6.45) is 3.60. The van der Waals surface area contributed by atoms with E-state index in [1.54, 1.807) is 24.2 Å². The van der Waals surface area contributed by atoms with Crippen LogP contribution in [0, 0.1) is 0 Å². The second-order valence-corrected chi connectivity index (χ2v) is 4.42. The minimum atomic E-state index is 0.647. The van der Waals surface area contributed by atoms with Gasteiger partial charge in [0.05, 0.1) is 12.3 Å². The highest BCUT2D eigenvalue weighted by Gasteiger charge is 1.99. The lowest BCUT2D eigenvalue weighted by atomic mass is 10.4. The molecule has 17 heavy (non-hydrogen) atoms. The number of aromatic nitrogens is 2. The standard InChI is InChI=1S/C13H14N2OS/c1-2-16-13-5-3-4-11(15-13)10-17-12-6-8-14-9-7-12/h3-9H,2,10H2,1H3. The van der Waals surface area contributed by atoms with Gasteiger partial charge < -0.3 is 4.74 Å². The molecule has 0 N–H and O–H groups in total. The molecule has 0 aliphatic carbocycles. The Morgan fingerprint density at radius 3 is 2.76 bits per heavy atom. The number of hydrogen-bond acceptors (Lipinski definition) is 4. The Labute approximate surface area is 105 Å². The molecule has 0 aliphatic heterocycles. The Balaban J connectivity index is 1.97. The van der Waals surface area contributed by atoms with E-state index in [4.69, 9.17) is 4.74 Å². The van der Waals surface area contributed by atoms with E-state index in [1.807, 2.05) is 37.3 Å². The molecular formula is C13H14N2OS. The Morgan fingerprint density at radius 2 is 2.00 bits per heavy atom. The van der Waals surface area contributed by atoms with Gasteiger partial charge in [0.25, 0.3) is 0 Å². The van der Waals surface area contributed by atoms with Crippen LogP contribution in [0.5, 0.6) is 5.88 Å². The molecule has 0 amide bonds. The van der Waals surface area contributed by atoms with Gasteiger partial charge in [0.2, 0.25) is 5.88 Å². The topological polar surface area (TPSA) is 35.0 Å². The maximum Gasteiger partial charge on any atom is 0.213 e. The summed E-state index contributed by atoms with van der Waals surface area (Å²) < 4.78 is 5.37. The molecule has 88 valence electrons. The largest absolute Gasteiger partial charge is 0.478 e. The predicted molar refractivity (Wildman–Crippen MR) is 69.2 cm³/mol. The fourth-order valence-corrected chi connectivity index (χ4v) is 2.15. The third kappa shape index (κ3) is 3.75. The Kier molecular flexibility index (Phi) is 4.38. The molecule has 4 heteroatoms. The van der Waals surface area contributed by atoms with Crippen molar-refractivity contribution < 1.29 is 4.74 Å². The Morgan fingerprint density at radius 1 is 1.18 bits per heavy atom. The van der Waals surface area contributed by atoms with Crippen LogP contribution in [0.15, 0.2) is 47.6 Å². The van der Waals surface area contributed by atoms with E-state index >= 15 is 0 Å². The number of ether oxygens (including phenoxy) is 1. The van der Waals surface area contributed by atoms with Crippen molar-refractivity contribution in [1.29, 1.82) is 0 Å². The van der Waals surface area contributed by atoms with E-state index in [9.17, 15) is 0 Å². The molecular weight excluding hydrogens is 232 g/mol. The van der Waals surface area contributed by atoms with E-state index in [2.05, 4.69) is 9.97 Å². The van der Waals surface area contributed by atoms with Crippen molar-refractivity contribution >= 4 is 11.8 Å². The van der Waals surface area contributed by atoms with Crippen molar-refractivity contribution in [3.05, 3.63) is 48.4 Å². The molecule has 0 spiro atoms. The zero-order valence-electron chi connectivity index (χ0n) is 9.67. The first-order valence-corrected chi connectivity index (χ1v) is 6.48. The number of pyridine rings is 2. The molecule has 2 rings (SSSR count). The van der Waals surface area contributed by atoms with Crippen LogP contribution in [0.1, 0.15) is 12.6 Å². The van der Waals surface area contributed by atoms with Crippen molar-refractivity contribution in [2.75, 3.05) is 6.61 Å². The predicted octanol–water partition coefficient (Wildman–Crippen LogP) is 3.17. The molecule has 0 saturated heterocycles. The SMILES string of the molecule is CCOc1cccc(CSc2ccncc2)n1. The van der Waals surface area contributed by atoms with Gasteiger partial charge in [-0.15, -0.1) is 11.8 Å². The highest BCUT2D eigenvalue weighted by molar-refractivity contribution is 7.98. The molecule has 0 unspecified atom stereocenters. The first-order valence-electron chi connectivity index (χ1n) is 5.50. The van der Waals surface area contributed by atoms with Crippen LogP contribution < -0.4 is 4.74 Å². The second kappa shape index (κ2) is 6.25. The van der Waals surface area contributed by atoms with Gasteiger partial charge in [-0.05, 0) is 25.1 Å². The lowest BCUT2D eigenvalue weighted by Gasteiger charge is -2.04. The van der Waals surface area contributed by atoms with Gasteiger partial charge in [-0.1, -0.05) is 6.07 Å². The number of rotatable bonds is 5. The zero-order chi connectivity index (χ0) is 11.9. The van der Waals surface area contributed by atoms with Gasteiger partial charge in [0.15, 0.2) is 0 Å². The van der Waals surface area contributed by atoms with E-state index in [-0.39, 0.29) is 0 Å². The minimum absolute atomic E-state index is 0.647. The molecule has 2 aromatic rings. The van der Waals surface area contributed by atoms with Crippen molar-refractivity contribution in [2.24, 2.45) is 0 Å². The first kappa shape index (κ1) is 11.9. The molecule has 0 radical (unpaired) electrons. The maximum absolute atomic E-state index is 5.37. The smallest absolute Gasteiger partial charge is 0.213 e. The van der Waals surface area contributed by atoms with Crippen LogP contribution in [-0.4, -0.2) is 16.6 Å². The van der Waals surface area contributed by atoms with E-state index in [0.717, 1.165) is 11.4 Å². The van der Waals surface area contributed by atoms with Crippen LogP contribution in [0.25, 0.3) is 0 Å². The van der Waals surface area contributed by atoms with Crippen LogP contribution in [0.3, 0.4) is 0 Å². The summed E-state index contributed by atoms with van der Waals surface area (Å²) in [5.41, 5.74) is 1.03. The molecule has 0 saturated carbocycles. The quantitative estimate of drug-likeness (QED) is 0.759. The van der Waals surface area contributed by atoms with E-state index < -0.39 is 0 Å². The fourth-order valence-electron chi connectivity index (χ4n) is 1.36. The van der Waals surface area contributed by atoms with Crippen LogP contribution >= 0.6 is 11.8 Å². The second-order valence-electron chi connectivity index (χ2n) is 3.37.